The molecule has 1 heterocycles. The number of hydrogen-bond acceptors (Lipinski definition) is 1. The predicted molar refractivity (Wildman–Crippen MR) is 154 cm³/mol. The zero-order valence-electron chi connectivity index (χ0n) is 20.3. The summed E-state index contributed by atoms with van der Waals surface area (Å²) in [7, 11) is 0. The Bertz CT molecular complexity index is 1890. The number of rotatable bonds is 1. The standard InChI is InChI=1S/C35H24S/c1-35(2)30-20-24(15-17-26(30)29-18-22-8-3-4-9-23(22)19-31(29)35)25-16-14-21-10-7-12-28-27-11-5-6-13-32(27)36-34(25)33(21)28/h3-20H,1-2H3. The van der Waals surface area contributed by atoms with Gasteiger partial charge in [-0.15, -0.1) is 0 Å². The van der Waals surface area contributed by atoms with Crippen LogP contribution < -0.4 is 0 Å². The second kappa shape index (κ2) is 7.12. The Hall–Kier alpha value is -3.81. The van der Waals surface area contributed by atoms with E-state index in [1.54, 1.807) is 0 Å². The lowest BCUT2D eigenvalue weighted by atomic mass is 9.81. The van der Waals surface area contributed by atoms with Crippen molar-refractivity contribution in [3.8, 4) is 33.4 Å². The van der Waals surface area contributed by atoms with E-state index < -0.39 is 0 Å². The van der Waals surface area contributed by atoms with Gasteiger partial charge in [-0.05, 0) is 84.9 Å². The molecule has 1 heteroatoms. The van der Waals surface area contributed by atoms with Gasteiger partial charge in [0.15, 0.2) is 0 Å². The van der Waals surface area contributed by atoms with Gasteiger partial charge >= 0.3 is 0 Å². The highest BCUT2D eigenvalue weighted by molar-refractivity contribution is 8.00. The molecular formula is C35H24S. The van der Waals surface area contributed by atoms with Crippen molar-refractivity contribution in [1.82, 2.24) is 0 Å². The first-order valence-electron chi connectivity index (χ1n) is 12.6. The molecule has 170 valence electrons. The Kier molecular flexibility index (Phi) is 4.03. The minimum absolute atomic E-state index is 0.0380. The summed E-state index contributed by atoms with van der Waals surface area (Å²) in [5.74, 6) is 0. The molecule has 0 aromatic heterocycles. The van der Waals surface area contributed by atoms with Gasteiger partial charge < -0.3 is 0 Å². The zero-order chi connectivity index (χ0) is 24.0. The molecule has 0 bridgehead atoms. The van der Waals surface area contributed by atoms with Crippen LogP contribution in [0.4, 0.5) is 0 Å². The Morgan fingerprint density at radius 2 is 1.19 bits per heavy atom. The average molecular weight is 477 g/mol. The van der Waals surface area contributed by atoms with Crippen molar-refractivity contribution in [3.05, 3.63) is 120 Å². The topological polar surface area (TPSA) is 0 Å². The van der Waals surface area contributed by atoms with Crippen molar-refractivity contribution in [2.24, 2.45) is 0 Å². The van der Waals surface area contributed by atoms with Crippen LogP contribution in [0.25, 0.3) is 54.9 Å². The predicted octanol–water partition coefficient (Wildman–Crippen LogP) is 10.1. The molecule has 0 saturated carbocycles. The zero-order valence-corrected chi connectivity index (χ0v) is 21.1. The van der Waals surface area contributed by atoms with E-state index in [9.17, 15) is 0 Å². The van der Waals surface area contributed by atoms with Crippen LogP contribution in [0, 0.1) is 0 Å². The number of benzene rings is 6. The van der Waals surface area contributed by atoms with Crippen LogP contribution in [-0.4, -0.2) is 0 Å². The smallest absolute Gasteiger partial charge is 0.0285 e. The summed E-state index contributed by atoms with van der Waals surface area (Å²) in [6, 6.07) is 40.8. The van der Waals surface area contributed by atoms with E-state index >= 15 is 0 Å². The molecule has 0 unspecified atom stereocenters. The normalized spacial score (nSPS) is 14.5. The molecular weight excluding hydrogens is 452 g/mol. The van der Waals surface area contributed by atoms with Crippen LogP contribution in [0.2, 0.25) is 0 Å². The van der Waals surface area contributed by atoms with Gasteiger partial charge in [0.1, 0.15) is 0 Å². The molecule has 0 atom stereocenters. The quantitative estimate of drug-likeness (QED) is 0.227. The summed E-state index contributed by atoms with van der Waals surface area (Å²) >= 11 is 1.92. The van der Waals surface area contributed by atoms with Gasteiger partial charge in [-0.2, -0.15) is 0 Å². The molecule has 0 saturated heterocycles. The highest BCUT2D eigenvalue weighted by Gasteiger charge is 2.36. The fraction of sp³-hybridized carbons (Fsp3) is 0.0857. The second-order valence-electron chi connectivity index (χ2n) is 10.6. The first kappa shape index (κ1) is 20.4. The van der Waals surface area contributed by atoms with E-state index in [1.165, 1.54) is 75.8 Å². The fourth-order valence-corrected chi connectivity index (χ4v) is 7.66. The van der Waals surface area contributed by atoms with Crippen molar-refractivity contribution < 1.29 is 0 Å². The van der Waals surface area contributed by atoms with Gasteiger partial charge in [0.25, 0.3) is 0 Å². The summed E-state index contributed by atoms with van der Waals surface area (Å²) in [5, 5.41) is 5.33. The van der Waals surface area contributed by atoms with E-state index in [0.29, 0.717) is 0 Å². The van der Waals surface area contributed by atoms with Crippen molar-refractivity contribution in [3.63, 3.8) is 0 Å². The summed E-state index contributed by atoms with van der Waals surface area (Å²) < 4.78 is 0. The fourth-order valence-electron chi connectivity index (χ4n) is 6.38. The molecule has 0 radical (unpaired) electrons. The van der Waals surface area contributed by atoms with Gasteiger partial charge in [0, 0.05) is 20.6 Å². The molecule has 0 amide bonds. The Balaban J connectivity index is 1.36. The summed E-state index contributed by atoms with van der Waals surface area (Å²) in [6.45, 7) is 4.76. The largest absolute Gasteiger partial charge is 0.0881 e. The lowest BCUT2D eigenvalue weighted by Crippen LogP contribution is -2.15. The minimum Gasteiger partial charge on any atom is -0.0881 e. The van der Waals surface area contributed by atoms with Crippen LogP contribution in [0.3, 0.4) is 0 Å². The third-order valence-electron chi connectivity index (χ3n) is 8.24. The molecule has 0 fully saturated rings. The molecule has 2 aliphatic rings. The van der Waals surface area contributed by atoms with Crippen LogP contribution in [0.1, 0.15) is 25.0 Å². The lowest BCUT2D eigenvalue weighted by Gasteiger charge is -2.24. The average Bonchev–Trinajstić information content (AvgIpc) is 3.13. The molecule has 36 heavy (non-hydrogen) atoms. The maximum absolute atomic E-state index is 2.46. The summed E-state index contributed by atoms with van der Waals surface area (Å²) in [4.78, 5) is 2.71. The van der Waals surface area contributed by atoms with E-state index in [0.717, 1.165) is 0 Å². The maximum Gasteiger partial charge on any atom is 0.0285 e. The van der Waals surface area contributed by atoms with Gasteiger partial charge in [-0.3, -0.25) is 0 Å². The summed E-state index contributed by atoms with van der Waals surface area (Å²) in [6.07, 6.45) is 0. The third-order valence-corrected chi connectivity index (χ3v) is 9.44. The first-order valence-corrected chi connectivity index (χ1v) is 13.4. The number of hydrogen-bond donors (Lipinski definition) is 0. The first-order chi connectivity index (χ1) is 17.6. The second-order valence-corrected chi connectivity index (χ2v) is 11.6. The monoisotopic (exact) mass is 476 g/mol. The Labute approximate surface area is 215 Å². The van der Waals surface area contributed by atoms with Crippen molar-refractivity contribution in [2.45, 2.75) is 29.1 Å². The highest BCUT2D eigenvalue weighted by atomic mass is 32.2. The van der Waals surface area contributed by atoms with Crippen LogP contribution >= 0.6 is 11.8 Å². The Morgan fingerprint density at radius 3 is 2.08 bits per heavy atom. The molecule has 8 rings (SSSR count). The van der Waals surface area contributed by atoms with Crippen LogP contribution in [0.5, 0.6) is 0 Å². The summed E-state index contributed by atoms with van der Waals surface area (Å²) in [5.41, 5.74) is 10.9. The molecule has 0 spiro atoms. The molecule has 6 aromatic rings. The lowest BCUT2D eigenvalue weighted by molar-refractivity contribution is 0.661. The van der Waals surface area contributed by atoms with Crippen molar-refractivity contribution in [1.29, 1.82) is 0 Å². The minimum atomic E-state index is -0.0380. The van der Waals surface area contributed by atoms with Crippen molar-refractivity contribution in [2.75, 3.05) is 0 Å². The van der Waals surface area contributed by atoms with Gasteiger partial charge in [0.05, 0.1) is 0 Å². The Morgan fingerprint density at radius 1 is 0.500 bits per heavy atom. The molecule has 6 aromatic carbocycles. The highest BCUT2D eigenvalue weighted by Crippen LogP contribution is 2.54. The van der Waals surface area contributed by atoms with E-state index in [2.05, 4.69) is 123 Å². The van der Waals surface area contributed by atoms with Crippen LogP contribution in [0.15, 0.2) is 119 Å². The van der Waals surface area contributed by atoms with Crippen molar-refractivity contribution >= 4 is 33.3 Å². The molecule has 1 aliphatic carbocycles. The third kappa shape index (κ3) is 2.67. The van der Waals surface area contributed by atoms with Crippen LogP contribution in [-0.2, 0) is 5.41 Å². The van der Waals surface area contributed by atoms with E-state index in [1.807, 2.05) is 11.8 Å². The number of fused-ring (bicyclic) bond motifs is 6. The SMILES string of the molecule is CC1(C)c2cc(-c3ccc4cccc5c4c3Sc3ccccc3-5)ccc2-c2cc3ccccc3cc21. The molecule has 0 N–H and O–H groups in total. The van der Waals surface area contributed by atoms with Gasteiger partial charge in [-0.25, -0.2) is 0 Å². The van der Waals surface area contributed by atoms with E-state index in [-0.39, 0.29) is 5.41 Å². The van der Waals surface area contributed by atoms with Gasteiger partial charge in [-0.1, -0.05) is 111 Å². The molecule has 1 aliphatic heterocycles. The van der Waals surface area contributed by atoms with E-state index in [4.69, 9.17) is 0 Å². The molecule has 0 nitrogen and oxygen atoms in total. The maximum atomic E-state index is 2.46. The van der Waals surface area contributed by atoms with Gasteiger partial charge in [0.2, 0.25) is 0 Å².